The third-order valence-corrected chi connectivity index (χ3v) is 4.77. The van der Waals surface area contributed by atoms with Crippen LogP contribution in [-0.4, -0.2) is 33.0 Å². The molecule has 0 bridgehead atoms. The summed E-state index contributed by atoms with van der Waals surface area (Å²) in [5.74, 6) is 1.72. The van der Waals surface area contributed by atoms with Crippen LogP contribution in [0.3, 0.4) is 0 Å². The Hall–Kier alpha value is -2.80. The topological polar surface area (TPSA) is 69.0 Å². The van der Waals surface area contributed by atoms with Crippen molar-refractivity contribution in [3.63, 3.8) is 0 Å². The average Bonchev–Trinajstić information content (AvgIpc) is 3.02. The van der Waals surface area contributed by atoms with E-state index in [4.69, 9.17) is 4.74 Å². The summed E-state index contributed by atoms with van der Waals surface area (Å²) in [5.41, 5.74) is 2.89. The van der Waals surface area contributed by atoms with Crippen LogP contribution in [0.2, 0.25) is 0 Å². The van der Waals surface area contributed by atoms with Gasteiger partial charge in [-0.2, -0.15) is 0 Å². The molecule has 27 heavy (non-hydrogen) atoms. The number of nitrogens with one attached hydrogen (secondary N) is 1. The van der Waals surface area contributed by atoms with Crippen LogP contribution in [0.5, 0.6) is 5.75 Å². The van der Waals surface area contributed by atoms with Crippen LogP contribution in [0.15, 0.2) is 53.7 Å². The van der Waals surface area contributed by atoms with Gasteiger partial charge >= 0.3 is 0 Å². The van der Waals surface area contributed by atoms with Crippen molar-refractivity contribution in [2.24, 2.45) is 0 Å². The summed E-state index contributed by atoms with van der Waals surface area (Å²) < 4.78 is 7.36. The van der Waals surface area contributed by atoms with Gasteiger partial charge in [0, 0.05) is 11.4 Å². The van der Waals surface area contributed by atoms with E-state index in [9.17, 15) is 4.79 Å². The number of hydrogen-bond acceptors (Lipinski definition) is 5. The van der Waals surface area contributed by atoms with Crippen molar-refractivity contribution in [1.29, 1.82) is 0 Å². The molecule has 0 aliphatic heterocycles. The number of ether oxygens (including phenoxy) is 1. The molecule has 0 saturated heterocycles. The fourth-order valence-corrected chi connectivity index (χ4v) is 3.43. The second kappa shape index (κ2) is 8.73. The van der Waals surface area contributed by atoms with Crippen LogP contribution in [0.1, 0.15) is 18.3 Å². The van der Waals surface area contributed by atoms with E-state index >= 15 is 0 Å². The molecule has 0 spiro atoms. The minimum atomic E-state index is -0.0967. The lowest BCUT2D eigenvalue weighted by Gasteiger charge is -2.09. The van der Waals surface area contributed by atoms with E-state index in [1.165, 1.54) is 11.8 Å². The average molecular weight is 382 g/mol. The minimum absolute atomic E-state index is 0.0967. The molecule has 0 fully saturated rings. The van der Waals surface area contributed by atoms with Crippen molar-refractivity contribution in [2.75, 3.05) is 17.7 Å². The summed E-state index contributed by atoms with van der Waals surface area (Å²) in [6.45, 7) is 6.49. The van der Waals surface area contributed by atoms with Crippen molar-refractivity contribution >= 4 is 23.4 Å². The Morgan fingerprint density at radius 2 is 1.93 bits per heavy atom. The van der Waals surface area contributed by atoms with Gasteiger partial charge in [-0.1, -0.05) is 23.9 Å². The molecule has 0 atom stereocenters. The number of amides is 1. The molecule has 0 aliphatic rings. The van der Waals surface area contributed by atoms with E-state index in [1.54, 1.807) is 0 Å². The molecule has 1 heterocycles. The Morgan fingerprint density at radius 1 is 1.15 bits per heavy atom. The highest BCUT2D eigenvalue weighted by Crippen LogP contribution is 2.23. The first-order valence-electron chi connectivity index (χ1n) is 8.71. The summed E-state index contributed by atoms with van der Waals surface area (Å²) in [5, 5.41) is 11.9. The molecular formula is C20H22N4O2S. The summed E-state index contributed by atoms with van der Waals surface area (Å²) in [7, 11) is 0. The van der Waals surface area contributed by atoms with E-state index in [1.807, 2.05) is 67.8 Å². The van der Waals surface area contributed by atoms with Crippen molar-refractivity contribution < 1.29 is 9.53 Å². The van der Waals surface area contributed by atoms with Gasteiger partial charge in [-0.05, 0) is 62.7 Å². The molecule has 7 heteroatoms. The van der Waals surface area contributed by atoms with Gasteiger partial charge in [0.25, 0.3) is 0 Å². The molecule has 1 amide bonds. The number of nitrogens with zero attached hydrogens (tertiary/aromatic N) is 3. The number of aromatic nitrogens is 3. The van der Waals surface area contributed by atoms with Crippen molar-refractivity contribution in [2.45, 2.75) is 25.9 Å². The maximum atomic E-state index is 12.3. The predicted molar refractivity (Wildman–Crippen MR) is 108 cm³/mol. The monoisotopic (exact) mass is 382 g/mol. The molecule has 3 rings (SSSR count). The van der Waals surface area contributed by atoms with Crippen LogP contribution < -0.4 is 10.1 Å². The van der Waals surface area contributed by atoms with Crippen LogP contribution >= 0.6 is 11.8 Å². The number of carbonyl (C=O) groups excluding carboxylic acids is 1. The number of benzene rings is 2. The zero-order valence-corrected chi connectivity index (χ0v) is 16.4. The molecule has 6 nitrogen and oxygen atoms in total. The fraction of sp³-hybridized carbons (Fsp3) is 0.250. The minimum Gasteiger partial charge on any atom is -0.494 e. The Balaban J connectivity index is 1.64. The van der Waals surface area contributed by atoms with Crippen molar-refractivity contribution in [1.82, 2.24) is 14.8 Å². The first kappa shape index (κ1) is 19.0. The second-order valence-corrected chi connectivity index (χ2v) is 6.94. The van der Waals surface area contributed by atoms with Crippen LogP contribution in [0, 0.1) is 13.8 Å². The highest BCUT2D eigenvalue weighted by atomic mass is 32.2. The lowest BCUT2D eigenvalue weighted by Crippen LogP contribution is -2.14. The van der Waals surface area contributed by atoms with Gasteiger partial charge in [-0.3, -0.25) is 9.36 Å². The van der Waals surface area contributed by atoms with Crippen LogP contribution in [0.4, 0.5) is 5.69 Å². The number of aryl methyl sites for hydroxylation is 2. The molecule has 0 unspecified atom stereocenters. The third kappa shape index (κ3) is 4.89. The maximum absolute atomic E-state index is 12.3. The largest absolute Gasteiger partial charge is 0.494 e. The summed E-state index contributed by atoms with van der Waals surface area (Å²) in [6.07, 6.45) is 0. The first-order chi connectivity index (χ1) is 13.1. The Morgan fingerprint density at radius 3 is 2.63 bits per heavy atom. The van der Waals surface area contributed by atoms with E-state index in [0.717, 1.165) is 28.5 Å². The third-order valence-electron chi connectivity index (χ3n) is 3.84. The van der Waals surface area contributed by atoms with E-state index < -0.39 is 0 Å². The highest BCUT2D eigenvalue weighted by Gasteiger charge is 2.13. The van der Waals surface area contributed by atoms with Crippen LogP contribution in [-0.2, 0) is 4.79 Å². The summed E-state index contributed by atoms with van der Waals surface area (Å²) in [4.78, 5) is 12.3. The summed E-state index contributed by atoms with van der Waals surface area (Å²) >= 11 is 1.36. The van der Waals surface area contributed by atoms with Gasteiger partial charge < -0.3 is 10.1 Å². The Labute approximate surface area is 163 Å². The smallest absolute Gasteiger partial charge is 0.234 e. The van der Waals surface area contributed by atoms with Crippen molar-refractivity contribution in [3.8, 4) is 11.4 Å². The van der Waals surface area contributed by atoms with Gasteiger partial charge in [0.2, 0.25) is 5.91 Å². The first-order valence-corrected chi connectivity index (χ1v) is 9.70. The second-order valence-electron chi connectivity index (χ2n) is 6.00. The SMILES string of the molecule is CCOc1ccc(NC(=O)CSc2nnc(C)n2-c2cccc(C)c2)cc1. The van der Waals surface area contributed by atoms with E-state index in [2.05, 4.69) is 21.6 Å². The van der Waals surface area contributed by atoms with E-state index in [0.29, 0.717) is 11.8 Å². The van der Waals surface area contributed by atoms with Crippen molar-refractivity contribution in [3.05, 3.63) is 59.9 Å². The van der Waals surface area contributed by atoms with Gasteiger partial charge in [-0.25, -0.2) is 0 Å². The normalized spacial score (nSPS) is 10.6. The quantitative estimate of drug-likeness (QED) is 0.625. The maximum Gasteiger partial charge on any atom is 0.234 e. The predicted octanol–water partition coefficient (Wildman–Crippen LogP) is 4.01. The summed E-state index contributed by atoms with van der Waals surface area (Å²) in [6, 6.07) is 15.4. The van der Waals surface area contributed by atoms with Crippen LogP contribution in [0.25, 0.3) is 5.69 Å². The zero-order chi connectivity index (χ0) is 19.2. The van der Waals surface area contributed by atoms with Gasteiger partial charge in [0.15, 0.2) is 5.16 Å². The highest BCUT2D eigenvalue weighted by molar-refractivity contribution is 7.99. The van der Waals surface area contributed by atoms with E-state index in [-0.39, 0.29) is 11.7 Å². The molecule has 0 saturated carbocycles. The number of rotatable bonds is 7. The molecular weight excluding hydrogens is 360 g/mol. The Bertz CT molecular complexity index is 922. The number of thioether (sulfide) groups is 1. The van der Waals surface area contributed by atoms with Gasteiger partial charge in [0.1, 0.15) is 11.6 Å². The number of carbonyl (C=O) groups is 1. The molecule has 0 radical (unpaired) electrons. The number of hydrogen-bond donors (Lipinski definition) is 1. The molecule has 2 aromatic carbocycles. The van der Waals surface area contributed by atoms with Gasteiger partial charge in [-0.15, -0.1) is 10.2 Å². The molecule has 140 valence electrons. The lowest BCUT2D eigenvalue weighted by atomic mass is 10.2. The number of anilines is 1. The lowest BCUT2D eigenvalue weighted by molar-refractivity contribution is -0.113. The fourth-order valence-electron chi connectivity index (χ4n) is 2.63. The molecule has 1 aromatic heterocycles. The van der Waals surface area contributed by atoms with Gasteiger partial charge in [0.05, 0.1) is 12.4 Å². The molecule has 3 aromatic rings. The molecule has 1 N–H and O–H groups in total. The Kier molecular flexibility index (Phi) is 6.13. The molecule has 0 aliphatic carbocycles. The zero-order valence-electron chi connectivity index (χ0n) is 15.6. The standard InChI is InChI=1S/C20H22N4O2S/c1-4-26-18-10-8-16(9-11-18)21-19(25)13-27-20-23-22-15(3)24(20)17-7-5-6-14(2)12-17/h5-12H,4,13H2,1-3H3,(H,21,25).